The number of hydrogen-bond acceptors (Lipinski definition) is 1. The monoisotopic (exact) mass is 433 g/mol. The van der Waals surface area contributed by atoms with Crippen LogP contribution in [0.25, 0.3) is 0 Å². The number of aryl methyl sites for hydroxylation is 1. The second kappa shape index (κ2) is 14.3. The van der Waals surface area contributed by atoms with Gasteiger partial charge in [-0.2, -0.15) is 13.2 Å². The lowest BCUT2D eigenvalue weighted by Crippen LogP contribution is -2.13. The molecule has 0 atom stereocenters. The van der Waals surface area contributed by atoms with Crippen molar-refractivity contribution in [3.05, 3.63) is 70.8 Å². The molecule has 0 bridgehead atoms. The Hall–Kier alpha value is -1.81. The highest BCUT2D eigenvalue weighted by Crippen LogP contribution is 2.29. The second-order valence-electron chi connectivity index (χ2n) is 8.55. The van der Waals surface area contributed by atoms with Gasteiger partial charge in [0, 0.05) is 13.1 Å². The quantitative estimate of drug-likeness (QED) is 0.278. The van der Waals surface area contributed by atoms with Gasteiger partial charge >= 0.3 is 6.18 Å². The van der Waals surface area contributed by atoms with Gasteiger partial charge in [-0.25, -0.2) is 0 Å². The fraction of sp³-hybridized carbons (Fsp3) is 0.556. The molecule has 0 radical (unpaired) electrons. The van der Waals surface area contributed by atoms with Gasteiger partial charge < -0.3 is 5.32 Å². The summed E-state index contributed by atoms with van der Waals surface area (Å²) in [6, 6.07) is 14.0. The Morgan fingerprint density at radius 3 is 1.48 bits per heavy atom. The van der Waals surface area contributed by atoms with Gasteiger partial charge in [0.05, 0.1) is 5.56 Å². The lowest BCUT2D eigenvalue weighted by Gasteiger charge is -2.09. The minimum atomic E-state index is -4.28. The summed E-state index contributed by atoms with van der Waals surface area (Å²) >= 11 is 0. The van der Waals surface area contributed by atoms with Gasteiger partial charge in [-0.1, -0.05) is 101 Å². The van der Waals surface area contributed by atoms with Gasteiger partial charge in [-0.15, -0.1) is 0 Å². The summed E-state index contributed by atoms with van der Waals surface area (Å²) in [5.74, 6) is 0. The summed E-state index contributed by atoms with van der Waals surface area (Å²) in [7, 11) is 0. The van der Waals surface area contributed by atoms with E-state index in [2.05, 4.69) is 36.5 Å². The van der Waals surface area contributed by atoms with Crippen LogP contribution < -0.4 is 5.32 Å². The maximum absolute atomic E-state index is 12.6. The molecule has 31 heavy (non-hydrogen) atoms. The summed E-state index contributed by atoms with van der Waals surface area (Å²) in [6.45, 7) is 3.52. The fourth-order valence-corrected chi connectivity index (χ4v) is 3.80. The highest BCUT2D eigenvalue weighted by molar-refractivity contribution is 5.25. The van der Waals surface area contributed by atoms with Crippen molar-refractivity contribution >= 4 is 0 Å². The molecule has 172 valence electrons. The molecule has 4 heteroatoms. The second-order valence-corrected chi connectivity index (χ2v) is 8.55. The number of nitrogens with one attached hydrogen (secondary N) is 1. The van der Waals surface area contributed by atoms with E-state index in [1.165, 1.54) is 87.5 Å². The molecule has 2 aromatic carbocycles. The van der Waals surface area contributed by atoms with E-state index < -0.39 is 11.7 Å². The van der Waals surface area contributed by atoms with Gasteiger partial charge in [0.25, 0.3) is 0 Å². The lowest BCUT2D eigenvalue weighted by molar-refractivity contribution is -0.137. The molecular weight excluding hydrogens is 395 g/mol. The fourth-order valence-electron chi connectivity index (χ4n) is 3.80. The van der Waals surface area contributed by atoms with Gasteiger partial charge in [-0.05, 0) is 41.7 Å². The standard InChI is InChI=1S/C27H38F3N/c1-2-3-4-5-6-7-8-9-10-11-12-23-13-15-24(16-14-23)21-31-22-25-17-19-26(20-18-25)27(28,29)30/h13-20,31H,2-12,21-22H2,1H3. The number of alkyl halides is 3. The normalized spacial score (nSPS) is 11.7. The molecule has 0 saturated heterocycles. The number of hydrogen-bond donors (Lipinski definition) is 1. The summed E-state index contributed by atoms with van der Waals surface area (Å²) in [5, 5.41) is 3.30. The van der Waals surface area contributed by atoms with Crippen molar-refractivity contribution in [3.8, 4) is 0 Å². The molecule has 1 N–H and O–H groups in total. The number of rotatable bonds is 15. The molecule has 0 aliphatic rings. The van der Waals surface area contributed by atoms with Crippen LogP contribution in [0.1, 0.15) is 93.4 Å². The highest BCUT2D eigenvalue weighted by Gasteiger charge is 2.29. The smallest absolute Gasteiger partial charge is 0.309 e. The summed E-state index contributed by atoms with van der Waals surface area (Å²) < 4.78 is 37.8. The SMILES string of the molecule is CCCCCCCCCCCCc1ccc(CNCc2ccc(C(F)(F)F)cc2)cc1. The van der Waals surface area contributed by atoms with Gasteiger partial charge in [-0.3, -0.25) is 0 Å². The van der Waals surface area contributed by atoms with Gasteiger partial charge in [0.1, 0.15) is 0 Å². The van der Waals surface area contributed by atoms with Crippen LogP contribution in [0.5, 0.6) is 0 Å². The molecule has 0 aliphatic heterocycles. The van der Waals surface area contributed by atoms with E-state index in [-0.39, 0.29) is 0 Å². The van der Waals surface area contributed by atoms with Crippen molar-refractivity contribution in [2.45, 2.75) is 96.8 Å². The van der Waals surface area contributed by atoms with Crippen LogP contribution in [-0.4, -0.2) is 0 Å². The molecule has 0 aliphatic carbocycles. The Balaban J connectivity index is 1.55. The number of unbranched alkanes of at least 4 members (excludes halogenated alkanes) is 9. The molecule has 0 saturated carbocycles. The van der Waals surface area contributed by atoms with Crippen molar-refractivity contribution in [1.82, 2.24) is 5.32 Å². The number of benzene rings is 2. The van der Waals surface area contributed by atoms with E-state index in [1.807, 2.05) is 0 Å². The molecule has 1 nitrogen and oxygen atoms in total. The lowest BCUT2D eigenvalue weighted by atomic mass is 10.0. The van der Waals surface area contributed by atoms with Crippen LogP contribution in [0.2, 0.25) is 0 Å². The predicted molar refractivity (Wildman–Crippen MR) is 124 cm³/mol. The predicted octanol–water partition coefficient (Wildman–Crippen LogP) is 8.46. The number of halogens is 3. The van der Waals surface area contributed by atoms with Crippen molar-refractivity contribution in [3.63, 3.8) is 0 Å². The third-order valence-corrected chi connectivity index (χ3v) is 5.78. The maximum atomic E-state index is 12.6. The van der Waals surface area contributed by atoms with Crippen LogP contribution in [0.15, 0.2) is 48.5 Å². The van der Waals surface area contributed by atoms with Gasteiger partial charge in [0.15, 0.2) is 0 Å². The first-order chi connectivity index (χ1) is 15.0. The summed E-state index contributed by atoms with van der Waals surface area (Å²) in [4.78, 5) is 0. The van der Waals surface area contributed by atoms with E-state index in [0.29, 0.717) is 13.1 Å². The Morgan fingerprint density at radius 2 is 1.00 bits per heavy atom. The van der Waals surface area contributed by atoms with E-state index in [0.717, 1.165) is 24.1 Å². The van der Waals surface area contributed by atoms with Crippen molar-refractivity contribution in [1.29, 1.82) is 0 Å². The van der Waals surface area contributed by atoms with Crippen LogP contribution in [0.3, 0.4) is 0 Å². The molecule has 0 fully saturated rings. The third kappa shape index (κ3) is 10.9. The molecule has 0 unspecified atom stereocenters. The molecule has 2 rings (SSSR count). The van der Waals surface area contributed by atoms with Crippen molar-refractivity contribution < 1.29 is 13.2 Å². The zero-order chi connectivity index (χ0) is 22.4. The van der Waals surface area contributed by atoms with Crippen molar-refractivity contribution in [2.24, 2.45) is 0 Å². The van der Waals surface area contributed by atoms with Gasteiger partial charge in [0.2, 0.25) is 0 Å². The summed E-state index contributed by atoms with van der Waals surface area (Å²) in [6.07, 6.45) is 10.4. The Labute approximate surface area is 186 Å². The summed E-state index contributed by atoms with van der Waals surface area (Å²) in [5.41, 5.74) is 2.82. The van der Waals surface area contributed by atoms with Crippen LogP contribution >= 0.6 is 0 Å². The van der Waals surface area contributed by atoms with E-state index >= 15 is 0 Å². The zero-order valence-electron chi connectivity index (χ0n) is 18.9. The van der Waals surface area contributed by atoms with Crippen LogP contribution in [0.4, 0.5) is 13.2 Å². The average Bonchev–Trinajstić information content (AvgIpc) is 2.76. The maximum Gasteiger partial charge on any atom is 0.416 e. The third-order valence-electron chi connectivity index (χ3n) is 5.78. The Kier molecular flexibility index (Phi) is 11.7. The molecular formula is C27H38F3N. The largest absolute Gasteiger partial charge is 0.416 e. The zero-order valence-corrected chi connectivity index (χ0v) is 18.9. The minimum Gasteiger partial charge on any atom is -0.309 e. The van der Waals surface area contributed by atoms with E-state index in [9.17, 15) is 13.2 Å². The van der Waals surface area contributed by atoms with Crippen LogP contribution in [0, 0.1) is 0 Å². The first-order valence-corrected chi connectivity index (χ1v) is 11.9. The Morgan fingerprint density at radius 1 is 0.581 bits per heavy atom. The first-order valence-electron chi connectivity index (χ1n) is 11.9. The minimum absolute atomic E-state index is 0.554. The highest BCUT2D eigenvalue weighted by atomic mass is 19.4. The first kappa shape index (κ1) is 25.5. The Bertz CT molecular complexity index is 705. The molecule has 0 aromatic heterocycles. The molecule has 0 heterocycles. The average molecular weight is 434 g/mol. The van der Waals surface area contributed by atoms with Crippen LogP contribution in [-0.2, 0) is 25.7 Å². The van der Waals surface area contributed by atoms with E-state index in [4.69, 9.17) is 0 Å². The molecule has 2 aromatic rings. The molecule has 0 amide bonds. The topological polar surface area (TPSA) is 12.0 Å². The molecule has 0 spiro atoms. The van der Waals surface area contributed by atoms with Crippen molar-refractivity contribution in [2.75, 3.05) is 0 Å². The van der Waals surface area contributed by atoms with E-state index in [1.54, 1.807) is 0 Å².